The zero-order chi connectivity index (χ0) is 11.7. The number of nitrogens with zero attached hydrogens (tertiary/aromatic N) is 1. The second-order valence-electron chi connectivity index (χ2n) is 4.60. The number of hydrogen-bond donors (Lipinski definition) is 1. The molecule has 3 heteroatoms. The smallest absolute Gasteiger partial charge is 0.0897 e. The third-order valence-corrected chi connectivity index (χ3v) is 4.20. The summed E-state index contributed by atoms with van der Waals surface area (Å²) in [5.41, 5.74) is 3.01. The van der Waals surface area contributed by atoms with Gasteiger partial charge in [0.15, 0.2) is 0 Å². The molecule has 0 unspecified atom stereocenters. The molecule has 0 fully saturated rings. The fraction of sp³-hybridized carbons (Fsp3) is 0.357. The molecule has 2 aromatic rings. The van der Waals surface area contributed by atoms with Crippen LogP contribution in [0.3, 0.4) is 0 Å². The van der Waals surface area contributed by atoms with Gasteiger partial charge in [0.25, 0.3) is 0 Å². The van der Waals surface area contributed by atoms with Crippen LogP contribution in [-0.4, -0.2) is 11.0 Å². The number of hydrogen-bond acceptors (Lipinski definition) is 3. The minimum Gasteiger partial charge on any atom is -0.308 e. The molecule has 0 radical (unpaired) electrons. The summed E-state index contributed by atoms with van der Waals surface area (Å²) in [5, 5.41) is 4.78. The number of fused-ring (bicyclic) bond motifs is 1. The third kappa shape index (κ3) is 2.40. The van der Waals surface area contributed by atoms with Gasteiger partial charge >= 0.3 is 0 Å². The molecule has 0 saturated carbocycles. The van der Waals surface area contributed by atoms with Gasteiger partial charge in [-0.25, -0.2) is 4.98 Å². The van der Waals surface area contributed by atoms with Crippen LogP contribution in [0, 0.1) is 6.92 Å². The molecule has 3 rings (SSSR count). The van der Waals surface area contributed by atoms with Gasteiger partial charge in [-0.05, 0) is 30.9 Å². The average molecular weight is 244 g/mol. The molecule has 0 saturated heterocycles. The van der Waals surface area contributed by atoms with Crippen molar-refractivity contribution in [3.8, 4) is 0 Å². The summed E-state index contributed by atoms with van der Waals surface area (Å²) < 4.78 is 0. The quantitative estimate of drug-likeness (QED) is 0.898. The maximum atomic E-state index is 4.28. The van der Waals surface area contributed by atoms with Gasteiger partial charge in [-0.15, -0.1) is 11.3 Å². The summed E-state index contributed by atoms with van der Waals surface area (Å²) in [5.74, 6) is 0. The second kappa shape index (κ2) is 4.59. The van der Waals surface area contributed by atoms with Crippen LogP contribution in [0.1, 0.15) is 21.0 Å². The summed E-state index contributed by atoms with van der Waals surface area (Å²) in [4.78, 5) is 5.61. The van der Waals surface area contributed by atoms with Crippen LogP contribution in [0.15, 0.2) is 30.5 Å². The van der Waals surface area contributed by atoms with Crippen LogP contribution in [0.5, 0.6) is 0 Å². The van der Waals surface area contributed by atoms with Crippen LogP contribution in [-0.2, 0) is 19.4 Å². The van der Waals surface area contributed by atoms with Crippen LogP contribution in [0.4, 0.5) is 0 Å². The van der Waals surface area contributed by atoms with Crippen molar-refractivity contribution in [2.75, 3.05) is 0 Å². The molecule has 0 amide bonds. The van der Waals surface area contributed by atoms with Gasteiger partial charge in [-0.3, -0.25) is 0 Å². The van der Waals surface area contributed by atoms with E-state index in [1.54, 1.807) is 11.3 Å². The van der Waals surface area contributed by atoms with Crippen LogP contribution in [0.25, 0.3) is 0 Å². The topological polar surface area (TPSA) is 24.9 Å². The molecule has 17 heavy (non-hydrogen) atoms. The molecule has 0 spiro atoms. The molecule has 1 aromatic carbocycles. The van der Waals surface area contributed by atoms with Gasteiger partial charge in [0.1, 0.15) is 0 Å². The van der Waals surface area contributed by atoms with Crippen LogP contribution >= 0.6 is 11.3 Å². The Morgan fingerprint density at radius 1 is 1.29 bits per heavy atom. The zero-order valence-corrected chi connectivity index (χ0v) is 10.8. The van der Waals surface area contributed by atoms with E-state index < -0.39 is 0 Å². The molecule has 2 nitrogen and oxygen atoms in total. The van der Waals surface area contributed by atoms with Crippen molar-refractivity contribution in [1.29, 1.82) is 0 Å². The zero-order valence-electron chi connectivity index (χ0n) is 9.94. The number of rotatable bonds is 3. The number of thiazole rings is 1. The van der Waals surface area contributed by atoms with Gasteiger partial charge in [0, 0.05) is 23.7 Å². The average Bonchev–Trinajstić information content (AvgIpc) is 2.91. The first-order chi connectivity index (χ1) is 8.31. The van der Waals surface area contributed by atoms with Crippen molar-refractivity contribution < 1.29 is 0 Å². The lowest BCUT2D eigenvalue weighted by atomic mass is 10.1. The summed E-state index contributed by atoms with van der Waals surface area (Å²) in [6.07, 6.45) is 4.30. The lowest BCUT2D eigenvalue weighted by Crippen LogP contribution is -2.28. The Bertz CT molecular complexity index is 493. The van der Waals surface area contributed by atoms with E-state index in [-0.39, 0.29) is 0 Å². The monoisotopic (exact) mass is 244 g/mol. The minimum absolute atomic E-state index is 0.592. The van der Waals surface area contributed by atoms with Crippen molar-refractivity contribution in [3.05, 3.63) is 51.5 Å². The normalized spacial score (nSPS) is 15.1. The van der Waals surface area contributed by atoms with E-state index in [2.05, 4.69) is 41.5 Å². The van der Waals surface area contributed by atoms with Crippen LogP contribution in [0.2, 0.25) is 0 Å². The lowest BCUT2D eigenvalue weighted by Gasteiger charge is -2.10. The molecule has 1 aliphatic carbocycles. The van der Waals surface area contributed by atoms with E-state index in [1.807, 2.05) is 6.20 Å². The van der Waals surface area contributed by atoms with Gasteiger partial charge in [0.05, 0.1) is 5.01 Å². The van der Waals surface area contributed by atoms with E-state index in [9.17, 15) is 0 Å². The Labute approximate surface area is 106 Å². The van der Waals surface area contributed by atoms with Gasteiger partial charge in [-0.1, -0.05) is 24.3 Å². The highest BCUT2D eigenvalue weighted by Gasteiger charge is 2.20. The van der Waals surface area contributed by atoms with E-state index in [4.69, 9.17) is 0 Å². The number of benzene rings is 1. The minimum atomic E-state index is 0.592. The summed E-state index contributed by atoms with van der Waals surface area (Å²) in [6.45, 7) is 3.00. The summed E-state index contributed by atoms with van der Waals surface area (Å²) >= 11 is 1.78. The largest absolute Gasteiger partial charge is 0.308 e. The molecule has 1 N–H and O–H groups in total. The number of nitrogens with one attached hydrogen (secondary N) is 1. The molecule has 88 valence electrons. The SMILES string of the molecule is Cc1ncc(CNC2Cc3ccccc3C2)s1. The third-order valence-electron chi connectivity index (χ3n) is 3.29. The second-order valence-corrected chi connectivity index (χ2v) is 5.92. The Morgan fingerprint density at radius 2 is 2.00 bits per heavy atom. The molecule has 1 aromatic heterocycles. The number of aryl methyl sites for hydroxylation is 1. The Morgan fingerprint density at radius 3 is 2.59 bits per heavy atom. The van der Waals surface area contributed by atoms with E-state index >= 15 is 0 Å². The summed E-state index contributed by atoms with van der Waals surface area (Å²) in [6, 6.07) is 9.35. The molecule has 1 aliphatic rings. The first-order valence-corrected chi connectivity index (χ1v) is 6.84. The maximum absolute atomic E-state index is 4.28. The van der Waals surface area contributed by atoms with E-state index in [1.165, 1.54) is 16.0 Å². The van der Waals surface area contributed by atoms with Crippen molar-refractivity contribution >= 4 is 11.3 Å². The van der Waals surface area contributed by atoms with Gasteiger partial charge in [-0.2, -0.15) is 0 Å². The molecule has 0 bridgehead atoms. The highest BCUT2D eigenvalue weighted by atomic mass is 32.1. The van der Waals surface area contributed by atoms with Crippen LogP contribution < -0.4 is 5.32 Å². The van der Waals surface area contributed by atoms with Gasteiger partial charge < -0.3 is 5.32 Å². The predicted octanol–water partition coefficient (Wildman–Crippen LogP) is 2.71. The van der Waals surface area contributed by atoms with Gasteiger partial charge in [0.2, 0.25) is 0 Å². The van der Waals surface area contributed by atoms with Crippen molar-refractivity contribution in [2.45, 2.75) is 32.4 Å². The Balaban J connectivity index is 1.59. The maximum Gasteiger partial charge on any atom is 0.0897 e. The molecular formula is C14H16N2S. The first kappa shape index (κ1) is 10.9. The first-order valence-electron chi connectivity index (χ1n) is 6.03. The van der Waals surface area contributed by atoms with E-state index in [0.29, 0.717) is 6.04 Å². The fourth-order valence-electron chi connectivity index (χ4n) is 2.44. The molecule has 1 heterocycles. The lowest BCUT2D eigenvalue weighted by molar-refractivity contribution is 0.536. The molecular weight excluding hydrogens is 228 g/mol. The molecule has 0 atom stereocenters. The predicted molar refractivity (Wildman–Crippen MR) is 71.3 cm³/mol. The Kier molecular flexibility index (Phi) is 2.95. The van der Waals surface area contributed by atoms with Crippen molar-refractivity contribution in [2.24, 2.45) is 0 Å². The van der Waals surface area contributed by atoms with Crippen molar-refractivity contribution in [3.63, 3.8) is 0 Å². The Hall–Kier alpha value is -1.19. The fourth-order valence-corrected chi connectivity index (χ4v) is 3.18. The van der Waals surface area contributed by atoms with E-state index in [0.717, 1.165) is 24.4 Å². The van der Waals surface area contributed by atoms with Crippen molar-refractivity contribution in [1.82, 2.24) is 10.3 Å². The highest BCUT2D eigenvalue weighted by Crippen LogP contribution is 2.22. The number of aromatic nitrogens is 1. The standard InChI is InChI=1S/C14H16N2S/c1-10-15-8-14(17-10)9-16-13-6-11-4-2-3-5-12(11)7-13/h2-5,8,13,16H,6-7,9H2,1H3. The summed E-state index contributed by atoms with van der Waals surface area (Å²) in [7, 11) is 0. The highest BCUT2D eigenvalue weighted by molar-refractivity contribution is 7.11. The molecule has 0 aliphatic heterocycles.